The molecule has 21 heavy (non-hydrogen) atoms. The van der Waals surface area contributed by atoms with E-state index < -0.39 is 0 Å². The number of nitrogens with one attached hydrogen (secondary N) is 2. The van der Waals surface area contributed by atoms with Crippen LogP contribution in [0.25, 0.3) is 10.9 Å². The van der Waals surface area contributed by atoms with Gasteiger partial charge in [-0.2, -0.15) is 0 Å². The number of aromatic nitrogens is 1. The van der Waals surface area contributed by atoms with Crippen molar-refractivity contribution >= 4 is 22.5 Å². The lowest BCUT2D eigenvalue weighted by atomic mass is 9.77. The van der Waals surface area contributed by atoms with Gasteiger partial charge < -0.3 is 10.6 Å². The van der Waals surface area contributed by atoms with Gasteiger partial charge >= 0.3 is 0 Å². The molecule has 2 aromatic rings. The predicted octanol–water partition coefficient (Wildman–Crippen LogP) is 2.95. The molecule has 1 atom stereocenters. The molecule has 1 amide bonds. The molecule has 4 nitrogen and oxygen atoms in total. The summed E-state index contributed by atoms with van der Waals surface area (Å²) in [5.41, 5.74) is 1.75. The van der Waals surface area contributed by atoms with Gasteiger partial charge in [0.05, 0.1) is 11.6 Å². The Kier molecular flexibility index (Phi) is 3.64. The third kappa shape index (κ3) is 2.90. The lowest BCUT2D eigenvalue weighted by Crippen LogP contribution is -2.53. The SMILES string of the molecule is CC1(C)CCCNC1C(=O)Nc1ccc2ncccc2c1. The molecule has 1 aliphatic rings. The standard InChI is InChI=1S/C17H21N3O/c1-17(2)8-4-10-19-15(17)16(21)20-13-6-7-14-12(11-13)5-3-9-18-14/h3,5-7,9,11,15,19H,4,8,10H2,1-2H3,(H,20,21). The lowest BCUT2D eigenvalue weighted by Gasteiger charge is -2.38. The number of anilines is 1. The second-order valence-corrected chi connectivity index (χ2v) is 6.38. The Morgan fingerprint density at radius 1 is 1.38 bits per heavy atom. The molecule has 0 spiro atoms. The first-order chi connectivity index (χ1) is 10.1. The van der Waals surface area contributed by atoms with Gasteiger partial charge in [-0.3, -0.25) is 9.78 Å². The number of carbonyl (C=O) groups excluding carboxylic acids is 1. The van der Waals surface area contributed by atoms with Crippen molar-refractivity contribution in [2.45, 2.75) is 32.7 Å². The molecule has 3 rings (SSSR count). The molecule has 4 heteroatoms. The number of carbonyl (C=O) groups is 1. The van der Waals surface area contributed by atoms with Gasteiger partial charge in [0.25, 0.3) is 0 Å². The monoisotopic (exact) mass is 283 g/mol. The van der Waals surface area contributed by atoms with Crippen molar-refractivity contribution in [3.05, 3.63) is 36.5 Å². The van der Waals surface area contributed by atoms with Crippen molar-refractivity contribution in [1.29, 1.82) is 0 Å². The van der Waals surface area contributed by atoms with E-state index in [4.69, 9.17) is 0 Å². The summed E-state index contributed by atoms with van der Waals surface area (Å²) in [5.74, 6) is 0.0444. The number of pyridine rings is 1. The van der Waals surface area contributed by atoms with E-state index in [0.717, 1.165) is 36.0 Å². The number of nitrogens with zero attached hydrogens (tertiary/aromatic N) is 1. The molecule has 0 aliphatic carbocycles. The van der Waals surface area contributed by atoms with Crippen molar-refractivity contribution < 1.29 is 4.79 Å². The third-order valence-corrected chi connectivity index (χ3v) is 4.26. The van der Waals surface area contributed by atoms with Crippen LogP contribution in [0.3, 0.4) is 0 Å². The van der Waals surface area contributed by atoms with Crippen LogP contribution in [0, 0.1) is 5.41 Å². The van der Waals surface area contributed by atoms with Crippen LogP contribution in [0.1, 0.15) is 26.7 Å². The summed E-state index contributed by atoms with van der Waals surface area (Å²) in [5, 5.41) is 7.41. The molecule has 1 aromatic heterocycles. The van der Waals surface area contributed by atoms with Crippen LogP contribution in [0.5, 0.6) is 0 Å². The van der Waals surface area contributed by atoms with Crippen LogP contribution in [-0.4, -0.2) is 23.5 Å². The summed E-state index contributed by atoms with van der Waals surface area (Å²) in [6, 6.07) is 9.57. The second-order valence-electron chi connectivity index (χ2n) is 6.38. The topological polar surface area (TPSA) is 54.0 Å². The minimum absolute atomic E-state index is 0.0132. The van der Waals surface area contributed by atoms with Crippen LogP contribution in [-0.2, 0) is 4.79 Å². The maximum absolute atomic E-state index is 12.5. The van der Waals surface area contributed by atoms with Crippen LogP contribution in [0.2, 0.25) is 0 Å². The van der Waals surface area contributed by atoms with Gasteiger partial charge in [0.15, 0.2) is 0 Å². The quantitative estimate of drug-likeness (QED) is 0.891. The maximum Gasteiger partial charge on any atom is 0.242 e. The van der Waals surface area contributed by atoms with E-state index in [-0.39, 0.29) is 17.4 Å². The van der Waals surface area contributed by atoms with Gasteiger partial charge in [-0.05, 0) is 49.1 Å². The summed E-state index contributed by atoms with van der Waals surface area (Å²) in [4.78, 5) is 16.8. The zero-order valence-corrected chi connectivity index (χ0v) is 12.5. The Bertz CT molecular complexity index is 666. The van der Waals surface area contributed by atoms with Crippen molar-refractivity contribution in [1.82, 2.24) is 10.3 Å². The van der Waals surface area contributed by atoms with Crippen LogP contribution in [0.4, 0.5) is 5.69 Å². The summed E-state index contributed by atoms with van der Waals surface area (Å²) < 4.78 is 0. The van der Waals surface area contributed by atoms with E-state index in [2.05, 4.69) is 29.5 Å². The average Bonchev–Trinajstić information content (AvgIpc) is 2.46. The highest BCUT2D eigenvalue weighted by molar-refractivity contribution is 5.97. The average molecular weight is 283 g/mol. The first-order valence-corrected chi connectivity index (χ1v) is 7.45. The van der Waals surface area contributed by atoms with Crippen LogP contribution < -0.4 is 10.6 Å². The number of hydrogen-bond donors (Lipinski definition) is 2. The number of hydrogen-bond acceptors (Lipinski definition) is 3. The van der Waals surface area contributed by atoms with Crippen molar-refractivity contribution in [2.24, 2.45) is 5.41 Å². The molecule has 0 bridgehead atoms. The number of fused-ring (bicyclic) bond motifs is 1. The Hall–Kier alpha value is -1.94. The molecule has 1 fully saturated rings. The molecule has 2 N–H and O–H groups in total. The first-order valence-electron chi connectivity index (χ1n) is 7.45. The summed E-state index contributed by atoms with van der Waals surface area (Å²) in [6.07, 6.45) is 3.97. The van der Waals surface area contributed by atoms with Gasteiger partial charge in [-0.25, -0.2) is 0 Å². The van der Waals surface area contributed by atoms with E-state index in [1.54, 1.807) is 6.20 Å². The van der Waals surface area contributed by atoms with Crippen molar-refractivity contribution in [3.63, 3.8) is 0 Å². The van der Waals surface area contributed by atoms with E-state index >= 15 is 0 Å². The minimum atomic E-state index is -0.143. The van der Waals surface area contributed by atoms with Gasteiger partial charge in [-0.15, -0.1) is 0 Å². The summed E-state index contributed by atoms with van der Waals surface area (Å²) in [6.45, 7) is 5.20. The van der Waals surface area contributed by atoms with Gasteiger partial charge in [0, 0.05) is 17.3 Å². The smallest absolute Gasteiger partial charge is 0.242 e. The number of benzene rings is 1. The molecule has 110 valence electrons. The zero-order valence-electron chi connectivity index (χ0n) is 12.5. The molecule has 1 unspecified atom stereocenters. The van der Waals surface area contributed by atoms with Gasteiger partial charge in [0.2, 0.25) is 5.91 Å². The predicted molar refractivity (Wildman–Crippen MR) is 85.2 cm³/mol. The normalized spacial score (nSPS) is 21.1. The van der Waals surface area contributed by atoms with Crippen LogP contribution in [0.15, 0.2) is 36.5 Å². The Morgan fingerprint density at radius 3 is 3.05 bits per heavy atom. The van der Waals surface area contributed by atoms with Crippen molar-refractivity contribution in [2.75, 3.05) is 11.9 Å². The highest BCUT2D eigenvalue weighted by atomic mass is 16.2. The van der Waals surface area contributed by atoms with E-state index in [0.29, 0.717) is 0 Å². The van der Waals surface area contributed by atoms with Gasteiger partial charge in [0.1, 0.15) is 0 Å². The third-order valence-electron chi connectivity index (χ3n) is 4.26. The minimum Gasteiger partial charge on any atom is -0.325 e. The lowest BCUT2D eigenvalue weighted by molar-refractivity contribution is -0.121. The molecular weight excluding hydrogens is 262 g/mol. The Morgan fingerprint density at radius 2 is 2.24 bits per heavy atom. The number of rotatable bonds is 2. The summed E-state index contributed by atoms with van der Waals surface area (Å²) in [7, 11) is 0. The summed E-state index contributed by atoms with van der Waals surface area (Å²) >= 11 is 0. The van der Waals surface area contributed by atoms with Crippen LogP contribution >= 0.6 is 0 Å². The molecule has 1 saturated heterocycles. The Balaban J connectivity index is 1.79. The highest BCUT2D eigenvalue weighted by Gasteiger charge is 2.37. The largest absolute Gasteiger partial charge is 0.325 e. The molecule has 1 aromatic carbocycles. The Labute approximate surface area is 125 Å². The fourth-order valence-corrected chi connectivity index (χ4v) is 3.03. The number of amides is 1. The molecule has 0 saturated carbocycles. The second kappa shape index (κ2) is 5.45. The molecule has 0 radical (unpaired) electrons. The number of piperidine rings is 1. The fraction of sp³-hybridized carbons (Fsp3) is 0.412. The maximum atomic E-state index is 12.5. The highest BCUT2D eigenvalue weighted by Crippen LogP contribution is 2.31. The van der Waals surface area contributed by atoms with E-state index in [1.807, 2.05) is 30.3 Å². The zero-order chi connectivity index (χ0) is 14.9. The molecule has 1 aliphatic heterocycles. The van der Waals surface area contributed by atoms with E-state index in [9.17, 15) is 4.79 Å². The molecule has 2 heterocycles. The van der Waals surface area contributed by atoms with E-state index in [1.165, 1.54) is 0 Å². The van der Waals surface area contributed by atoms with Gasteiger partial charge in [-0.1, -0.05) is 19.9 Å². The first kappa shape index (κ1) is 14.0. The van der Waals surface area contributed by atoms with Crippen molar-refractivity contribution in [3.8, 4) is 0 Å². The fourth-order valence-electron chi connectivity index (χ4n) is 3.03. The molecular formula is C17H21N3O.